The van der Waals surface area contributed by atoms with Gasteiger partial charge in [0.15, 0.2) is 17.7 Å². The van der Waals surface area contributed by atoms with Crippen molar-refractivity contribution in [1.29, 1.82) is 0 Å². The molecule has 0 radical (unpaired) electrons. The molecule has 1 saturated carbocycles. The van der Waals surface area contributed by atoms with Crippen LogP contribution in [0.25, 0.3) is 11.0 Å². The van der Waals surface area contributed by atoms with E-state index in [0.717, 1.165) is 25.7 Å². The maximum absolute atomic E-state index is 11.5. The zero-order valence-electron chi connectivity index (χ0n) is 17.7. The van der Waals surface area contributed by atoms with E-state index < -0.39 is 50.7 Å². The molecule has 2 unspecified atom stereocenters. The van der Waals surface area contributed by atoms with Gasteiger partial charge in [-0.25, -0.2) is 4.68 Å². The lowest BCUT2D eigenvalue weighted by atomic mass is 10.1. The number of halogens is 1. The number of aliphatic hydroxyl groups excluding tert-OH is 3. The Bertz CT molecular complexity index is 1030. The largest absolute Gasteiger partial charge is 0.390 e. The number of hydrogen-bond donors (Lipinski definition) is 6. The molecule has 6 N–H and O–H groups in total. The van der Waals surface area contributed by atoms with Crippen molar-refractivity contribution in [3.8, 4) is 0 Å². The maximum Gasteiger partial charge on any atom is 0.356 e. The summed E-state index contributed by atoms with van der Waals surface area (Å²) in [6, 6.07) is 0.259. The van der Waals surface area contributed by atoms with Crippen molar-refractivity contribution in [1.82, 2.24) is 19.7 Å². The Labute approximate surface area is 193 Å². The van der Waals surface area contributed by atoms with Crippen molar-refractivity contribution < 1.29 is 39.1 Å². The van der Waals surface area contributed by atoms with Crippen LogP contribution in [0, 0.1) is 0 Å². The molecular formula is C18H27ClN5O8P. The van der Waals surface area contributed by atoms with E-state index in [2.05, 4.69) is 20.4 Å². The standard InChI is InChI=1S/C18H27ClN5O8P/c1-8(25)17(33(28,29)30)31-7-11-12(26)13(27)16(32-11)24-15-10(6-20-24)14(22-18(19)23-15)21-9-4-2-3-5-9/h6,8-9,11-13,16-17,25-27H,2-5,7H2,1H3,(H,21,22,23)(H2,28,29,30)/t8?,11-,12-,13-,16-,17?/m1/s1. The molecule has 33 heavy (non-hydrogen) atoms. The number of anilines is 1. The minimum absolute atomic E-state index is 0.0286. The summed E-state index contributed by atoms with van der Waals surface area (Å²) in [6.07, 6.45) is -0.898. The Morgan fingerprint density at radius 1 is 1.30 bits per heavy atom. The fourth-order valence-electron chi connectivity index (χ4n) is 4.24. The molecule has 2 aromatic heterocycles. The van der Waals surface area contributed by atoms with E-state index in [1.807, 2.05) is 0 Å². The molecule has 3 heterocycles. The van der Waals surface area contributed by atoms with Crippen LogP contribution in [0.15, 0.2) is 6.20 Å². The Morgan fingerprint density at radius 3 is 2.64 bits per heavy atom. The molecule has 184 valence electrons. The molecule has 0 aromatic carbocycles. The molecule has 1 aliphatic heterocycles. The molecule has 2 fully saturated rings. The summed E-state index contributed by atoms with van der Waals surface area (Å²) in [5.41, 5.74) is 0.283. The third-order valence-electron chi connectivity index (χ3n) is 5.88. The Morgan fingerprint density at radius 2 is 2.00 bits per heavy atom. The molecule has 1 saturated heterocycles. The fourth-order valence-corrected chi connectivity index (χ4v) is 5.25. The van der Waals surface area contributed by atoms with Gasteiger partial charge in [0.05, 0.1) is 24.3 Å². The molecule has 2 aromatic rings. The van der Waals surface area contributed by atoms with Gasteiger partial charge in [0.25, 0.3) is 0 Å². The van der Waals surface area contributed by atoms with E-state index in [-0.39, 0.29) is 17.0 Å². The number of nitrogens with zero attached hydrogens (tertiary/aromatic N) is 4. The van der Waals surface area contributed by atoms with Crippen LogP contribution in [-0.4, -0.2) is 87.8 Å². The normalized spacial score (nSPS) is 28.5. The van der Waals surface area contributed by atoms with E-state index in [0.29, 0.717) is 11.2 Å². The first kappa shape index (κ1) is 24.7. The first-order valence-electron chi connectivity index (χ1n) is 10.6. The molecule has 4 rings (SSSR count). The van der Waals surface area contributed by atoms with Gasteiger partial charge in [0.2, 0.25) is 5.28 Å². The molecule has 2 aliphatic rings. The number of aromatic nitrogens is 4. The number of fused-ring (bicyclic) bond motifs is 1. The van der Waals surface area contributed by atoms with E-state index in [1.165, 1.54) is 17.8 Å². The Kier molecular flexibility index (Phi) is 7.25. The van der Waals surface area contributed by atoms with Crippen LogP contribution < -0.4 is 5.32 Å². The van der Waals surface area contributed by atoms with E-state index >= 15 is 0 Å². The van der Waals surface area contributed by atoms with Gasteiger partial charge in [-0.05, 0) is 31.4 Å². The predicted molar refractivity (Wildman–Crippen MR) is 116 cm³/mol. The minimum atomic E-state index is -4.77. The van der Waals surface area contributed by atoms with Crippen molar-refractivity contribution in [3.63, 3.8) is 0 Å². The van der Waals surface area contributed by atoms with Crippen LogP contribution in [0.3, 0.4) is 0 Å². The van der Waals surface area contributed by atoms with Gasteiger partial charge >= 0.3 is 7.60 Å². The smallest absolute Gasteiger partial charge is 0.356 e. The molecular weight excluding hydrogens is 481 g/mol. The lowest BCUT2D eigenvalue weighted by Gasteiger charge is -2.24. The third-order valence-corrected chi connectivity index (χ3v) is 7.29. The van der Waals surface area contributed by atoms with E-state index in [4.69, 9.17) is 21.1 Å². The summed E-state index contributed by atoms with van der Waals surface area (Å²) < 4.78 is 23.6. The van der Waals surface area contributed by atoms with E-state index in [9.17, 15) is 29.7 Å². The monoisotopic (exact) mass is 507 g/mol. The van der Waals surface area contributed by atoms with Crippen LogP contribution in [0.4, 0.5) is 5.82 Å². The Hall–Kier alpha value is -1.41. The van der Waals surface area contributed by atoms with Gasteiger partial charge < -0.3 is 39.9 Å². The number of hydrogen-bond acceptors (Lipinski definition) is 10. The maximum atomic E-state index is 11.5. The summed E-state index contributed by atoms with van der Waals surface area (Å²) in [4.78, 5) is 27.1. The van der Waals surface area contributed by atoms with Gasteiger partial charge in [-0.2, -0.15) is 15.1 Å². The highest BCUT2D eigenvalue weighted by atomic mass is 35.5. The number of rotatable bonds is 8. The van der Waals surface area contributed by atoms with Gasteiger partial charge in [0, 0.05) is 6.04 Å². The van der Waals surface area contributed by atoms with Gasteiger partial charge in [-0.3, -0.25) is 4.57 Å². The second-order valence-electron chi connectivity index (χ2n) is 8.39. The van der Waals surface area contributed by atoms with Crippen LogP contribution in [-0.2, 0) is 14.0 Å². The summed E-state index contributed by atoms with van der Waals surface area (Å²) >= 11 is 6.12. The van der Waals surface area contributed by atoms with Crippen LogP contribution in [0.1, 0.15) is 38.8 Å². The second kappa shape index (κ2) is 9.68. The highest BCUT2D eigenvalue weighted by Crippen LogP contribution is 2.44. The number of ether oxygens (including phenoxy) is 2. The van der Waals surface area contributed by atoms with Crippen molar-refractivity contribution in [2.45, 2.75) is 75.1 Å². The lowest BCUT2D eigenvalue weighted by molar-refractivity contribution is -0.0890. The molecule has 13 nitrogen and oxygen atoms in total. The molecule has 0 amide bonds. The summed E-state index contributed by atoms with van der Waals surface area (Å²) in [5, 5.41) is 38.7. The predicted octanol–water partition coefficient (Wildman–Crippen LogP) is 0.355. The lowest BCUT2D eigenvalue weighted by Crippen LogP contribution is -2.36. The summed E-state index contributed by atoms with van der Waals surface area (Å²) in [7, 11) is -4.77. The molecule has 15 heteroatoms. The highest BCUT2D eigenvalue weighted by molar-refractivity contribution is 7.52. The zero-order valence-corrected chi connectivity index (χ0v) is 19.4. The van der Waals surface area contributed by atoms with Crippen molar-refractivity contribution in [3.05, 3.63) is 11.5 Å². The van der Waals surface area contributed by atoms with Crippen molar-refractivity contribution >= 4 is 36.0 Å². The average Bonchev–Trinajstić information content (AvgIpc) is 3.43. The topological polar surface area (TPSA) is 192 Å². The van der Waals surface area contributed by atoms with Crippen LogP contribution >= 0.6 is 19.2 Å². The van der Waals surface area contributed by atoms with Gasteiger partial charge in [-0.1, -0.05) is 12.8 Å². The Balaban J connectivity index is 1.54. The van der Waals surface area contributed by atoms with Crippen molar-refractivity contribution in [2.24, 2.45) is 0 Å². The van der Waals surface area contributed by atoms with Crippen molar-refractivity contribution in [2.75, 3.05) is 11.9 Å². The number of nitrogens with one attached hydrogen (secondary N) is 1. The first-order chi connectivity index (χ1) is 15.6. The third kappa shape index (κ3) is 5.16. The zero-order chi connectivity index (χ0) is 23.9. The molecule has 6 atom stereocenters. The first-order valence-corrected chi connectivity index (χ1v) is 12.7. The van der Waals surface area contributed by atoms with Gasteiger partial charge in [-0.15, -0.1) is 0 Å². The average molecular weight is 508 g/mol. The van der Waals surface area contributed by atoms with Gasteiger partial charge in [0.1, 0.15) is 24.1 Å². The molecule has 1 aliphatic carbocycles. The highest BCUT2D eigenvalue weighted by Gasteiger charge is 2.46. The molecule has 0 spiro atoms. The quantitative estimate of drug-likeness (QED) is 0.212. The summed E-state index contributed by atoms with van der Waals surface area (Å²) in [6.45, 7) is 0.683. The van der Waals surface area contributed by atoms with Crippen LogP contribution in [0.5, 0.6) is 0 Å². The summed E-state index contributed by atoms with van der Waals surface area (Å²) in [5.74, 6) is -1.29. The SMILES string of the molecule is CC(O)C(OC[C@H]1O[C@@H](n2ncc3c(NC4CCCC4)nc(Cl)nc32)[C@H](O)[C@@H]1O)P(=O)(O)O. The van der Waals surface area contributed by atoms with E-state index in [1.54, 1.807) is 0 Å². The number of aliphatic hydroxyl groups is 3. The molecule has 0 bridgehead atoms. The van der Waals surface area contributed by atoms with Crippen LogP contribution in [0.2, 0.25) is 5.28 Å². The second-order valence-corrected chi connectivity index (χ2v) is 10.4. The fraction of sp³-hybridized carbons (Fsp3) is 0.722. The minimum Gasteiger partial charge on any atom is -0.390 e.